The summed E-state index contributed by atoms with van der Waals surface area (Å²) in [6.07, 6.45) is 0. The van der Waals surface area contributed by atoms with Gasteiger partial charge in [0.1, 0.15) is 0 Å². The molecule has 146 valence electrons. The van der Waals surface area contributed by atoms with E-state index in [1.54, 1.807) is 30.4 Å². The first-order valence-corrected chi connectivity index (χ1v) is 10.1. The molecule has 0 atom stereocenters. The van der Waals surface area contributed by atoms with Gasteiger partial charge in [-0.3, -0.25) is 20.2 Å². The normalized spacial score (nSPS) is 10.8. The van der Waals surface area contributed by atoms with E-state index < -0.39 is 10.8 Å². The number of nitrogens with one attached hydrogen (secondary N) is 1. The quantitative estimate of drug-likeness (QED) is 0.377. The van der Waals surface area contributed by atoms with Crippen molar-refractivity contribution in [3.05, 3.63) is 68.2 Å². The Morgan fingerprint density at radius 2 is 2.07 bits per heavy atom. The minimum Gasteiger partial charge on any atom is -0.296 e. The first-order chi connectivity index (χ1) is 13.9. The number of hydrogen-bond acceptors (Lipinski definition) is 8. The van der Waals surface area contributed by atoms with Gasteiger partial charge in [0.15, 0.2) is 10.8 Å². The standard InChI is InChI=1S/C18H14N6O3S2/c1-10-6-7-15(29-10)14-9-28-18(19-14)20-17(25)16-11(2)23(22-21-16)12-4-3-5-13(8-12)24(26)27/h3-9H,1-2H3,(H,19,20,25). The minimum atomic E-state index is -0.488. The first-order valence-electron chi connectivity index (χ1n) is 8.43. The fourth-order valence-corrected chi connectivity index (χ4v) is 4.30. The Bertz CT molecular complexity index is 1230. The van der Waals surface area contributed by atoms with Gasteiger partial charge in [-0.05, 0) is 32.0 Å². The minimum absolute atomic E-state index is 0.0671. The number of carbonyl (C=O) groups is 1. The molecule has 0 saturated carbocycles. The molecule has 1 N–H and O–H groups in total. The monoisotopic (exact) mass is 426 g/mol. The maximum atomic E-state index is 12.6. The van der Waals surface area contributed by atoms with Crippen LogP contribution < -0.4 is 5.32 Å². The predicted molar refractivity (Wildman–Crippen MR) is 111 cm³/mol. The number of amides is 1. The molecule has 0 radical (unpaired) electrons. The van der Waals surface area contributed by atoms with E-state index in [2.05, 4.69) is 20.6 Å². The number of benzene rings is 1. The number of thiophene rings is 1. The topological polar surface area (TPSA) is 116 Å². The molecule has 0 saturated heterocycles. The molecule has 3 aromatic heterocycles. The number of hydrogen-bond donors (Lipinski definition) is 1. The van der Waals surface area contributed by atoms with Crippen molar-refractivity contribution in [2.75, 3.05) is 5.32 Å². The second kappa shape index (κ2) is 7.53. The van der Waals surface area contributed by atoms with Crippen molar-refractivity contribution in [1.82, 2.24) is 20.0 Å². The van der Waals surface area contributed by atoms with Crippen molar-refractivity contribution in [2.45, 2.75) is 13.8 Å². The van der Waals surface area contributed by atoms with Gasteiger partial charge in [0.2, 0.25) is 0 Å². The van der Waals surface area contributed by atoms with E-state index in [0.29, 0.717) is 16.5 Å². The second-order valence-corrected chi connectivity index (χ2v) is 8.26. The Balaban J connectivity index is 1.55. The number of anilines is 1. The zero-order valence-electron chi connectivity index (χ0n) is 15.3. The van der Waals surface area contributed by atoms with Crippen molar-refractivity contribution in [3.63, 3.8) is 0 Å². The van der Waals surface area contributed by atoms with Gasteiger partial charge in [-0.2, -0.15) is 0 Å². The van der Waals surface area contributed by atoms with E-state index in [4.69, 9.17) is 0 Å². The number of thiazole rings is 1. The highest BCUT2D eigenvalue weighted by atomic mass is 32.1. The highest BCUT2D eigenvalue weighted by Crippen LogP contribution is 2.30. The lowest BCUT2D eigenvalue weighted by Gasteiger charge is -2.03. The van der Waals surface area contributed by atoms with Crippen LogP contribution in [-0.2, 0) is 0 Å². The van der Waals surface area contributed by atoms with E-state index in [1.165, 1.54) is 33.0 Å². The van der Waals surface area contributed by atoms with E-state index in [1.807, 2.05) is 24.4 Å². The molecular weight excluding hydrogens is 412 g/mol. The van der Waals surface area contributed by atoms with Crippen LogP contribution in [0.1, 0.15) is 21.1 Å². The van der Waals surface area contributed by atoms with E-state index in [-0.39, 0.29) is 11.4 Å². The van der Waals surface area contributed by atoms with Crippen LogP contribution in [0.3, 0.4) is 0 Å². The average molecular weight is 426 g/mol. The third-order valence-electron chi connectivity index (χ3n) is 4.11. The number of nitrogens with zero attached hydrogens (tertiary/aromatic N) is 5. The van der Waals surface area contributed by atoms with Gasteiger partial charge in [-0.1, -0.05) is 11.3 Å². The van der Waals surface area contributed by atoms with E-state index in [9.17, 15) is 14.9 Å². The summed E-state index contributed by atoms with van der Waals surface area (Å²) >= 11 is 2.96. The number of carbonyl (C=O) groups excluding carboxylic acids is 1. The number of nitro groups is 1. The highest BCUT2D eigenvalue weighted by molar-refractivity contribution is 7.17. The molecule has 0 aliphatic rings. The van der Waals surface area contributed by atoms with Gasteiger partial charge in [0.05, 0.1) is 26.9 Å². The molecule has 1 amide bonds. The number of nitro benzene ring substituents is 1. The number of rotatable bonds is 5. The van der Waals surface area contributed by atoms with Crippen molar-refractivity contribution in [2.24, 2.45) is 0 Å². The van der Waals surface area contributed by atoms with Crippen molar-refractivity contribution in [3.8, 4) is 16.3 Å². The zero-order valence-corrected chi connectivity index (χ0v) is 17.0. The summed E-state index contributed by atoms with van der Waals surface area (Å²) in [6, 6.07) is 9.99. The zero-order chi connectivity index (χ0) is 20.5. The van der Waals surface area contributed by atoms with E-state index >= 15 is 0 Å². The van der Waals surface area contributed by atoms with Gasteiger partial charge in [0.25, 0.3) is 11.6 Å². The Kier molecular flexibility index (Phi) is 4.91. The van der Waals surface area contributed by atoms with Gasteiger partial charge in [-0.15, -0.1) is 27.8 Å². The van der Waals surface area contributed by atoms with Crippen LogP contribution in [0.25, 0.3) is 16.3 Å². The molecule has 0 unspecified atom stereocenters. The summed E-state index contributed by atoms with van der Waals surface area (Å²) in [5.74, 6) is -0.442. The Hall–Kier alpha value is -3.44. The van der Waals surface area contributed by atoms with Gasteiger partial charge in [-0.25, -0.2) is 9.67 Å². The first kappa shape index (κ1) is 18.9. The largest absolute Gasteiger partial charge is 0.296 e. The maximum Gasteiger partial charge on any atom is 0.279 e. The predicted octanol–water partition coefficient (Wildman–Crippen LogP) is 4.23. The molecule has 9 nitrogen and oxygen atoms in total. The van der Waals surface area contributed by atoms with Gasteiger partial charge >= 0.3 is 0 Å². The Labute approximate surface area is 172 Å². The van der Waals surface area contributed by atoms with Crippen LogP contribution in [0.15, 0.2) is 41.8 Å². The van der Waals surface area contributed by atoms with Gasteiger partial charge < -0.3 is 0 Å². The second-order valence-electron chi connectivity index (χ2n) is 6.11. The van der Waals surface area contributed by atoms with Crippen LogP contribution in [0.4, 0.5) is 10.8 Å². The van der Waals surface area contributed by atoms with Crippen molar-refractivity contribution >= 4 is 39.4 Å². The Morgan fingerprint density at radius 1 is 1.24 bits per heavy atom. The lowest BCUT2D eigenvalue weighted by molar-refractivity contribution is -0.384. The SMILES string of the molecule is Cc1ccc(-c2csc(NC(=O)c3nnn(-c4cccc([N+](=O)[O-])c4)c3C)n2)s1. The van der Waals surface area contributed by atoms with Crippen LogP contribution in [0.2, 0.25) is 0 Å². The lowest BCUT2D eigenvalue weighted by atomic mass is 10.2. The summed E-state index contributed by atoms with van der Waals surface area (Å²) in [6.45, 7) is 3.70. The summed E-state index contributed by atoms with van der Waals surface area (Å²) < 4.78 is 1.39. The van der Waals surface area contributed by atoms with Crippen LogP contribution >= 0.6 is 22.7 Å². The average Bonchev–Trinajstić information content (AvgIpc) is 3.42. The molecule has 0 bridgehead atoms. The summed E-state index contributed by atoms with van der Waals surface area (Å²) in [5.41, 5.74) is 1.78. The summed E-state index contributed by atoms with van der Waals surface area (Å²) in [7, 11) is 0. The molecule has 4 aromatic rings. The lowest BCUT2D eigenvalue weighted by Crippen LogP contribution is -2.14. The van der Waals surface area contributed by atoms with Gasteiger partial charge in [0, 0.05) is 22.4 Å². The highest BCUT2D eigenvalue weighted by Gasteiger charge is 2.20. The fourth-order valence-electron chi connectivity index (χ4n) is 2.70. The molecule has 0 aliphatic heterocycles. The van der Waals surface area contributed by atoms with Crippen LogP contribution in [0.5, 0.6) is 0 Å². The number of non-ortho nitro benzene ring substituents is 1. The molecule has 1 aromatic carbocycles. The fraction of sp³-hybridized carbons (Fsp3) is 0.111. The van der Waals surface area contributed by atoms with Crippen LogP contribution in [-0.4, -0.2) is 30.8 Å². The van der Waals surface area contributed by atoms with E-state index in [0.717, 1.165) is 10.6 Å². The molecule has 11 heteroatoms. The molecule has 4 rings (SSSR count). The number of aromatic nitrogens is 4. The number of aryl methyl sites for hydroxylation is 1. The maximum absolute atomic E-state index is 12.6. The third-order valence-corrected chi connectivity index (χ3v) is 5.89. The molecule has 0 spiro atoms. The third kappa shape index (κ3) is 3.77. The molecule has 29 heavy (non-hydrogen) atoms. The smallest absolute Gasteiger partial charge is 0.279 e. The summed E-state index contributed by atoms with van der Waals surface area (Å²) in [5, 5.41) is 24.0. The van der Waals surface area contributed by atoms with Crippen LogP contribution in [0, 0.1) is 24.0 Å². The molecule has 0 aliphatic carbocycles. The summed E-state index contributed by atoms with van der Waals surface area (Å²) in [4.78, 5) is 29.8. The molecule has 0 fully saturated rings. The van der Waals surface area contributed by atoms with Crippen molar-refractivity contribution < 1.29 is 9.72 Å². The Morgan fingerprint density at radius 3 is 2.79 bits per heavy atom. The molecule has 3 heterocycles. The van der Waals surface area contributed by atoms with Crippen molar-refractivity contribution in [1.29, 1.82) is 0 Å². The molecular formula is C18H14N6O3S2.